The van der Waals surface area contributed by atoms with Crippen molar-refractivity contribution >= 4 is 11.8 Å². The minimum absolute atomic E-state index is 0.353. The first-order valence-corrected chi connectivity index (χ1v) is 7.28. The molecule has 0 amide bonds. The van der Waals surface area contributed by atoms with Gasteiger partial charge in [0.15, 0.2) is 0 Å². The second kappa shape index (κ2) is 6.85. The molecule has 1 saturated heterocycles. The zero-order chi connectivity index (χ0) is 14.5. The fourth-order valence-electron chi connectivity index (χ4n) is 2.60. The fourth-order valence-corrected chi connectivity index (χ4v) is 2.60. The number of aromatic nitrogens is 2. The molecule has 1 fully saturated rings. The largest absolute Gasteiger partial charge is 0.380 e. The third-order valence-corrected chi connectivity index (χ3v) is 3.67. The smallest absolute Gasteiger partial charge is 0.222 e. The quantitative estimate of drug-likeness (QED) is 0.808. The average molecular weight is 279 g/mol. The van der Waals surface area contributed by atoms with Crippen molar-refractivity contribution < 1.29 is 4.74 Å². The molecule has 0 aliphatic carbocycles. The van der Waals surface area contributed by atoms with E-state index in [-0.39, 0.29) is 0 Å². The molecular weight excluding hydrogens is 254 g/mol. The molecule has 1 aromatic heterocycles. The molecule has 0 radical (unpaired) electrons. The number of nitrogens with zero attached hydrogens (tertiary/aromatic N) is 4. The number of nitrogens with two attached hydrogens (primary N) is 1. The van der Waals surface area contributed by atoms with E-state index in [1.54, 1.807) is 0 Å². The second-order valence-corrected chi connectivity index (χ2v) is 5.25. The van der Waals surface area contributed by atoms with E-state index in [4.69, 9.17) is 10.5 Å². The highest BCUT2D eigenvalue weighted by molar-refractivity contribution is 5.44. The molecule has 0 bridgehead atoms. The van der Waals surface area contributed by atoms with E-state index < -0.39 is 0 Å². The Balaban J connectivity index is 1.94. The van der Waals surface area contributed by atoms with Crippen LogP contribution in [0.25, 0.3) is 0 Å². The normalized spacial score (nSPS) is 20.4. The number of rotatable bonds is 5. The van der Waals surface area contributed by atoms with Crippen molar-refractivity contribution in [2.75, 3.05) is 50.0 Å². The number of hydrogen-bond acceptors (Lipinski definition) is 6. The van der Waals surface area contributed by atoms with Crippen LogP contribution in [0.5, 0.6) is 0 Å². The Labute approximate surface area is 120 Å². The van der Waals surface area contributed by atoms with Crippen molar-refractivity contribution in [1.82, 2.24) is 14.9 Å². The third-order valence-electron chi connectivity index (χ3n) is 3.67. The summed E-state index contributed by atoms with van der Waals surface area (Å²) in [6.45, 7) is 11.8. The Morgan fingerprint density at radius 1 is 1.40 bits per heavy atom. The van der Waals surface area contributed by atoms with Gasteiger partial charge in [0.1, 0.15) is 5.82 Å². The summed E-state index contributed by atoms with van der Waals surface area (Å²) in [6, 6.07) is 2.49. The SMILES string of the molecule is CCOCCN1CCN(c2cc(C)nc(N)n2)C[C@H]1C. The van der Waals surface area contributed by atoms with Gasteiger partial charge in [-0.05, 0) is 20.8 Å². The molecule has 1 aromatic rings. The maximum Gasteiger partial charge on any atom is 0.222 e. The fraction of sp³-hybridized carbons (Fsp3) is 0.714. The van der Waals surface area contributed by atoms with Gasteiger partial charge in [0, 0.05) is 50.6 Å². The summed E-state index contributed by atoms with van der Waals surface area (Å²) >= 11 is 0. The lowest BCUT2D eigenvalue weighted by atomic mass is 10.2. The van der Waals surface area contributed by atoms with Crippen LogP contribution >= 0.6 is 0 Å². The summed E-state index contributed by atoms with van der Waals surface area (Å²) in [5, 5.41) is 0. The van der Waals surface area contributed by atoms with Gasteiger partial charge < -0.3 is 15.4 Å². The first-order chi connectivity index (χ1) is 9.60. The second-order valence-electron chi connectivity index (χ2n) is 5.25. The highest BCUT2D eigenvalue weighted by Crippen LogP contribution is 2.18. The van der Waals surface area contributed by atoms with E-state index in [2.05, 4.69) is 26.7 Å². The third kappa shape index (κ3) is 3.80. The topological polar surface area (TPSA) is 67.5 Å². The summed E-state index contributed by atoms with van der Waals surface area (Å²) in [5.41, 5.74) is 6.65. The van der Waals surface area contributed by atoms with Crippen molar-refractivity contribution in [3.05, 3.63) is 11.8 Å². The summed E-state index contributed by atoms with van der Waals surface area (Å²) < 4.78 is 5.44. The van der Waals surface area contributed by atoms with E-state index in [1.807, 2.05) is 19.9 Å². The van der Waals surface area contributed by atoms with E-state index >= 15 is 0 Å². The van der Waals surface area contributed by atoms with E-state index in [0.29, 0.717) is 12.0 Å². The monoisotopic (exact) mass is 279 g/mol. The minimum atomic E-state index is 0.353. The summed E-state index contributed by atoms with van der Waals surface area (Å²) in [5.74, 6) is 1.29. The van der Waals surface area contributed by atoms with Crippen LogP contribution in [-0.4, -0.2) is 60.3 Å². The predicted molar refractivity (Wildman–Crippen MR) is 80.9 cm³/mol. The first-order valence-electron chi connectivity index (χ1n) is 7.28. The molecule has 1 aliphatic heterocycles. The first kappa shape index (κ1) is 15.0. The van der Waals surface area contributed by atoms with Crippen molar-refractivity contribution in [3.8, 4) is 0 Å². The van der Waals surface area contributed by atoms with Crippen molar-refractivity contribution in [2.45, 2.75) is 26.8 Å². The standard InChI is InChI=1S/C14H25N5O/c1-4-20-8-7-18-5-6-19(10-12(18)3)13-9-11(2)16-14(15)17-13/h9,12H,4-8,10H2,1-3H3,(H2,15,16,17)/t12-/m1/s1. The molecule has 0 spiro atoms. The Morgan fingerprint density at radius 2 is 2.20 bits per heavy atom. The van der Waals surface area contributed by atoms with E-state index in [9.17, 15) is 0 Å². The minimum Gasteiger partial charge on any atom is -0.380 e. The number of hydrogen-bond donors (Lipinski definition) is 1. The van der Waals surface area contributed by atoms with Crippen molar-refractivity contribution in [2.24, 2.45) is 0 Å². The van der Waals surface area contributed by atoms with Gasteiger partial charge in [-0.3, -0.25) is 4.90 Å². The van der Waals surface area contributed by atoms with Gasteiger partial charge in [-0.2, -0.15) is 4.98 Å². The molecule has 2 N–H and O–H groups in total. The van der Waals surface area contributed by atoms with Crippen LogP contribution < -0.4 is 10.6 Å². The number of piperazine rings is 1. The van der Waals surface area contributed by atoms with Crippen LogP contribution in [0.4, 0.5) is 11.8 Å². The number of nitrogen functional groups attached to an aromatic ring is 1. The maximum atomic E-state index is 5.73. The molecular formula is C14H25N5O. The molecule has 1 aliphatic rings. The molecule has 2 rings (SSSR count). The number of aryl methyl sites for hydroxylation is 1. The lowest BCUT2D eigenvalue weighted by Gasteiger charge is -2.40. The summed E-state index contributed by atoms with van der Waals surface area (Å²) in [6.07, 6.45) is 0. The van der Waals surface area contributed by atoms with Crippen molar-refractivity contribution in [3.63, 3.8) is 0 Å². The summed E-state index contributed by atoms with van der Waals surface area (Å²) in [7, 11) is 0. The predicted octanol–water partition coefficient (Wildman–Crippen LogP) is 0.914. The number of ether oxygens (including phenoxy) is 1. The zero-order valence-electron chi connectivity index (χ0n) is 12.7. The summed E-state index contributed by atoms with van der Waals surface area (Å²) in [4.78, 5) is 13.2. The van der Waals surface area contributed by atoms with Crippen LogP contribution in [0, 0.1) is 6.92 Å². The number of anilines is 2. The highest BCUT2D eigenvalue weighted by atomic mass is 16.5. The van der Waals surface area contributed by atoms with Gasteiger partial charge >= 0.3 is 0 Å². The average Bonchev–Trinajstić information content (AvgIpc) is 2.39. The molecule has 2 heterocycles. The molecule has 112 valence electrons. The molecule has 0 saturated carbocycles. The van der Waals surface area contributed by atoms with Gasteiger partial charge in [0.05, 0.1) is 6.61 Å². The van der Waals surface area contributed by atoms with Crippen LogP contribution in [0.1, 0.15) is 19.5 Å². The molecule has 0 unspecified atom stereocenters. The zero-order valence-corrected chi connectivity index (χ0v) is 12.7. The lowest BCUT2D eigenvalue weighted by molar-refractivity contribution is 0.0925. The molecule has 1 atom stereocenters. The molecule has 6 heteroatoms. The van der Waals surface area contributed by atoms with Gasteiger partial charge in [-0.15, -0.1) is 0 Å². The van der Waals surface area contributed by atoms with E-state index in [1.165, 1.54) is 0 Å². The lowest BCUT2D eigenvalue weighted by Crippen LogP contribution is -2.53. The van der Waals surface area contributed by atoms with E-state index in [0.717, 1.165) is 50.9 Å². The van der Waals surface area contributed by atoms with Gasteiger partial charge in [-0.1, -0.05) is 0 Å². The van der Waals surface area contributed by atoms with Crippen LogP contribution in [0.2, 0.25) is 0 Å². The maximum absolute atomic E-state index is 5.73. The van der Waals surface area contributed by atoms with Crippen LogP contribution in [0.15, 0.2) is 6.07 Å². The van der Waals surface area contributed by atoms with Gasteiger partial charge in [0.2, 0.25) is 5.95 Å². The van der Waals surface area contributed by atoms with Crippen LogP contribution in [0.3, 0.4) is 0 Å². The van der Waals surface area contributed by atoms with Crippen LogP contribution in [-0.2, 0) is 4.74 Å². The highest BCUT2D eigenvalue weighted by Gasteiger charge is 2.24. The van der Waals surface area contributed by atoms with Gasteiger partial charge in [-0.25, -0.2) is 4.98 Å². The Morgan fingerprint density at radius 3 is 2.85 bits per heavy atom. The molecule has 0 aromatic carbocycles. The Hall–Kier alpha value is -1.40. The Bertz CT molecular complexity index is 419. The van der Waals surface area contributed by atoms with Gasteiger partial charge in [0.25, 0.3) is 0 Å². The Kier molecular flexibility index (Phi) is 5.14. The molecule has 6 nitrogen and oxygen atoms in total. The molecule has 20 heavy (non-hydrogen) atoms. The van der Waals surface area contributed by atoms with Crippen molar-refractivity contribution in [1.29, 1.82) is 0 Å².